The summed E-state index contributed by atoms with van der Waals surface area (Å²) in [7, 11) is 1.79. The standard InChI is InChI=1S/C23H21NO/c1-17-10-9-15-20-21(17)24-16-23(22(20)25-2,18-11-5-3-6-12-18)19-13-7-4-8-14-19/h3-16,22H,1-2H3. The van der Waals surface area contributed by atoms with Crippen LogP contribution in [0.4, 0.5) is 5.69 Å². The monoisotopic (exact) mass is 327 g/mol. The van der Waals surface area contributed by atoms with Crippen LogP contribution in [0, 0.1) is 6.92 Å². The van der Waals surface area contributed by atoms with Crippen molar-refractivity contribution in [3.8, 4) is 0 Å². The normalized spacial score (nSPS) is 17.9. The van der Waals surface area contributed by atoms with Crippen LogP contribution in [-0.2, 0) is 10.2 Å². The number of hydrogen-bond acceptors (Lipinski definition) is 2. The van der Waals surface area contributed by atoms with Crippen molar-refractivity contribution in [2.45, 2.75) is 18.4 Å². The zero-order valence-electron chi connectivity index (χ0n) is 14.5. The summed E-state index contributed by atoms with van der Waals surface area (Å²) in [6.45, 7) is 2.10. The van der Waals surface area contributed by atoms with Crippen molar-refractivity contribution in [1.29, 1.82) is 0 Å². The zero-order chi connectivity index (χ0) is 17.3. The molecule has 2 heteroatoms. The van der Waals surface area contributed by atoms with Crippen LogP contribution in [0.3, 0.4) is 0 Å². The Hall–Kier alpha value is -2.71. The van der Waals surface area contributed by atoms with E-state index in [0.29, 0.717) is 0 Å². The van der Waals surface area contributed by atoms with Gasteiger partial charge in [-0.25, -0.2) is 0 Å². The number of hydrogen-bond donors (Lipinski definition) is 0. The van der Waals surface area contributed by atoms with Crippen molar-refractivity contribution in [3.63, 3.8) is 0 Å². The number of para-hydroxylation sites is 1. The molecule has 0 radical (unpaired) electrons. The Morgan fingerprint density at radius 3 is 1.96 bits per heavy atom. The molecule has 0 amide bonds. The van der Waals surface area contributed by atoms with Crippen molar-refractivity contribution < 1.29 is 4.74 Å². The van der Waals surface area contributed by atoms with Crippen LogP contribution in [0.2, 0.25) is 0 Å². The van der Waals surface area contributed by atoms with E-state index in [-0.39, 0.29) is 6.10 Å². The van der Waals surface area contributed by atoms with Crippen LogP contribution < -0.4 is 0 Å². The van der Waals surface area contributed by atoms with Gasteiger partial charge in [-0.2, -0.15) is 0 Å². The molecule has 0 aromatic heterocycles. The Kier molecular flexibility index (Phi) is 3.98. The fourth-order valence-corrected chi connectivity index (χ4v) is 3.91. The summed E-state index contributed by atoms with van der Waals surface area (Å²) in [5, 5.41) is 0. The number of methoxy groups -OCH3 is 1. The lowest BCUT2D eigenvalue weighted by atomic mass is 9.67. The van der Waals surface area contributed by atoms with Gasteiger partial charge in [-0.15, -0.1) is 0 Å². The number of ether oxygens (including phenoxy) is 1. The minimum Gasteiger partial charge on any atom is -0.375 e. The summed E-state index contributed by atoms with van der Waals surface area (Å²) in [5.41, 5.74) is 5.26. The molecule has 0 saturated heterocycles. The highest BCUT2D eigenvalue weighted by molar-refractivity contribution is 5.87. The predicted octanol–water partition coefficient (Wildman–Crippen LogP) is 5.38. The molecule has 1 aliphatic rings. The van der Waals surface area contributed by atoms with Crippen molar-refractivity contribution in [2.24, 2.45) is 4.99 Å². The smallest absolute Gasteiger partial charge is 0.103 e. The maximum atomic E-state index is 6.11. The number of nitrogens with zero attached hydrogens (tertiary/aromatic N) is 1. The molecule has 0 aliphatic carbocycles. The van der Waals surface area contributed by atoms with Crippen LogP contribution >= 0.6 is 0 Å². The lowest BCUT2D eigenvalue weighted by Gasteiger charge is -2.41. The van der Waals surface area contributed by atoms with Crippen LogP contribution in [0.1, 0.15) is 28.4 Å². The molecule has 0 fully saturated rings. The second-order valence-corrected chi connectivity index (χ2v) is 6.49. The Bertz CT molecular complexity index is 860. The number of fused-ring (bicyclic) bond motifs is 1. The van der Waals surface area contributed by atoms with Gasteiger partial charge in [0.25, 0.3) is 0 Å². The highest BCUT2D eigenvalue weighted by Gasteiger charge is 2.45. The van der Waals surface area contributed by atoms with E-state index in [9.17, 15) is 0 Å². The second-order valence-electron chi connectivity index (χ2n) is 6.49. The second kappa shape index (κ2) is 6.30. The van der Waals surface area contributed by atoms with Crippen molar-refractivity contribution in [3.05, 3.63) is 101 Å². The first-order chi connectivity index (χ1) is 12.3. The SMILES string of the molecule is COC1c2cccc(C)c2N=CC1(c1ccccc1)c1ccccc1. The minimum atomic E-state index is -0.446. The maximum Gasteiger partial charge on any atom is 0.103 e. The van der Waals surface area contributed by atoms with Crippen molar-refractivity contribution in [1.82, 2.24) is 0 Å². The van der Waals surface area contributed by atoms with E-state index in [1.165, 1.54) is 16.7 Å². The third-order valence-corrected chi connectivity index (χ3v) is 5.10. The van der Waals surface area contributed by atoms with E-state index < -0.39 is 5.41 Å². The van der Waals surface area contributed by atoms with Crippen LogP contribution in [0.25, 0.3) is 0 Å². The van der Waals surface area contributed by atoms with Gasteiger partial charge < -0.3 is 4.74 Å². The topological polar surface area (TPSA) is 21.6 Å². The molecular formula is C23H21NO. The Morgan fingerprint density at radius 1 is 0.800 bits per heavy atom. The Balaban J connectivity index is 2.03. The molecule has 3 aromatic carbocycles. The fraction of sp³-hybridized carbons (Fsp3) is 0.174. The van der Waals surface area contributed by atoms with E-state index in [4.69, 9.17) is 9.73 Å². The van der Waals surface area contributed by atoms with E-state index in [1.807, 2.05) is 12.1 Å². The van der Waals surface area contributed by atoms with Gasteiger partial charge in [-0.1, -0.05) is 78.9 Å². The molecule has 1 aliphatic heterocycles. The number of aryl methyl sites for hydroxylation is 1. The van der Waals surface area contributed by atoms with E-state index >= 15 is 0 Å². The number of rotatable bonds is 3. The first-order valence-electron chi connectivity index (χ1n) is 8.56. The molecule has 1 unspecified atom stereocenters. The molecule has 124 valence electrons. The molecule has 4 rings (SSSR count). The molecule has 1 heterocycles. The third kappa shape index (κ3) is 2.41. The molecule has 1 atom stereocenters. The highest BCUT2D eigenvalue weighted by Crippen LogP contribution is 2.49. The van der Waals surface area contributed by atoms with Gasteiger partial charge >= 0.3 is 0 Å². The molecule has 2 nitrogen and oxygen atoms in total. The van der Waals surface area contributed by atoms with Crippen molar-refractivity contribution >= 4 is 11.9 Å². The van der Waals surface area contributed by atoms with Gasteiger partial charge in [0.05, 0.1) is 11.1 Å². The van der Waals surface area contributed by atoms with Gasteiger partial charge in [-0.05, 0) is 23.6 Å². The molecule has 25 heavy (non-hydrogen) atoms. The van der Waals surface area contributed by atoms with Gasteiger partial charge in [0.2, 0.25) is 0 Å². The highest BCUT2D eigenvalue weighted by atomic mass is 16.5. The maximum absolute atomic E-state index is 6.11. The van der Waals surface area contributed by atoms with Crippen LogP contribution in [0.15, 0.2) is 83.9 Å². The third-order valence-electron chi connectivity index (χ3n) is 5.10. The zero-order valence-corrected chi connectivity index (χ0v) is 14.5. The molecule has 0 spiro atoms. The number of benzene rings is 3. The quantitative estimate of drug-likeness (QED) is 0.632. The predicted molar refractivity (Wildman–Crippen MR) is 103 cm³/mol. The van der Waals surface area contributed by atoms with Gasteiger partial charge in [0.15, 0.2) is 0 Å². The summed E-state index contributed by atoms with van der Waals surface area (Å²) in [4.78, 5) is 4.89. The largest absolute Gasteiger partial charge is 0.375 e. The summed E-state index contributed by atoms with van der Waals surface area (Å²) < 4.78 is 6.11. The summed E-state index contributed by atoms with van der Waals surface area (Å²) in [5.74, 6) is 0. The average molecular weight is 327 g/mol. The molecular weight excluding hydrogens is 306 g/mol. The lowest BCUT2D eigenvalue weighted by Crippen LogP contribution is -2.39. The molecule has 0 saturated carbocycles. The van der Waals surface area contributed by atoms with E-state index in [1.54, 1.807) is 7.11 Å². The summed E-state index contributed by atoms with van der Waals surface area (Å²) in [6, 6.07) is 27.3. The molecule has 0 N–H and O–H groups in total. The first-order valence-corrected chi connectivity index (χ1v) is 8.56. The van der Waals surface area contributed by atoms with E-state index in [2.05, 4.69) is 79.9 Å². The lowest BCUT2D eigenvalue weighted by molar-refractivity contribution is 0.0714. The van der Waals surface area contributed by atoms with Gasteiger partial charge in [0, 0.05) is 18.9 Å². The fourth-order valence-electron chi connectivity index (χ4n) is 3.91. The number of aliphatic imine (C=N–C) groups is 1. The van der Waals surface area contributed by atoms with Crippen LogP contribution in [-0.4, -0.2) is 13.3 Å². The Morgan fingerprint density at radius 2 is 1.40 bits per heavy atom. The minimum absolute atomic E-state index is 0.135. The first kappa shape index (κ1) is 15.8. The summed E-state index contributed by atoms with van der Waals surface area (Å²) in [6.07, 6.45) is 1.94. The summed E-state index contributed by atoms with van der Waals surface area (Å²) >= 11 is 0. The van der Waals surface area contributed by atoms with Crippen LogP contribution in [0.5, 0.6) is 0 Å². The molecule has 0 bridgehead atoms. The van der Waals surface area contributed by atoms with Gasteiger partial charge in [0.1, 0.15) is 6.10 Å². The molecule has 3 aromatic rings. The van der Waals surface area contributed by atoms with Crippen molar-refractivity contribution in [2.75, 3.05) is 7.11 Å². The average Bonchev–Trinajstić information content (AvgIpc) is 2.68. The van der Waals surface area contributed by atoms with Gasteiger partial charge in [-0.3, -0.25) is 4.99 Å². The van der Waals surface area contributed by atoms with E-state index in [0.717, 1.165) is 11.3 Å². The Labute approximate surface area is 148 Å².